The highest BCUT2D eigenvalue weighted by molar-refractivity contribution is 9.11. The molecule has 0 saturated carbocycles. The molecule has 4 heteroatoms. The van der Waals surface area contributed by atoms with E-state index >= 15 is 0 Å². The number of ether oxygens (including phenoxy) is 1. The lowest BCUT2D eigenvalue weighted by Crippen LogP contribution is -2.08. The lowest BCUT2D eigenvalue weighted by Gasteiger charge is -2.14. The average molecular weight is 326 g/mol. The first-order valence-electron chi connectivity index (χ1n) is 5.79. The van der Waals surface area contributed by atoms with Crippen molar-refractivity contribution in [2.75, 3.05) is 0 Å². The number of rotatable bonds is 4. The molecule has 0 spiro atoms. The number of hydrogen-bond donors (Lipinski definition) is 1. The van der Waals surface area contributed by atoms with Gasteiger partial charge in [0.1, 0.15) is 12.4 Å². The van der Waals surface area contributed by atoms with Gasteiger partial charge in [-0.1, -0.05) is 17.7 Å². The lowest BCUT2D eigenvalue weighted by atomic mass is 10.1. The number of hydrogen-bond acceptors (Lipinski definition) is 3. The van der Waals surface area contributed by atoms with Crippen molar-refractivity contribution in [3.05, 3.63) is 50.1 Å². The van der Waals surface area contributed by atoms with Crippen molar-refractivity contribution in [2.45, 2.75) is 26.5 Å². The largest absolute Gasteiger partial charge is 0.488 e. The number of aryl methyl sites for hydroxylation is 1. The highest BCUT2D eigenvalue weighted by Gasteiger charge is 2.09. The van der Waals surface area contributed by atoms with E-state index in [-0.39, 0.29) is 6.04 Å². The van der Waals surface area contributed by atoms with Crippen molar-refractivity contribution < 1.29 is 4.74 Å². The Labute approximate surface area is 120 Å². The second-order valence-corrected chi connectivity index (χ2v) is 6.87. The van der Waals surface area contributed by atoms with Gasteiger partial charge < -0.3 is 10.5 Å². The average Bonchev–Trinajstić information content (AvgIpc) is 2.73. The SMILES string of the molecule is Cc1ccc(OCc2ccc(Br)s2)c([C@H](C)N)c1. The highest BCUT2D eigenvalue weighted by atomic mass is 79.9. The van der Waals surface area contributed by atoms with Crippen molar-refractivity contribution in [3.63, 3.8) is 0 Å². The van der Waals surface area contributed by atoms with Gasteiger partial charge in [-0.3, -0.25) is 0 Å². The normalized spacial score (nSPS) is 12.4. The van der Waals surface area contributed by atoms with Crippen molar-refractivity contribution >= 4 is 27.3 Å². The quantitative estimate of drug-likeness (QED) is 0.903. The molecule has 2 N–H and O–H groups in total. The minimum absolute atomic E-state index is 0.0185. The Bertz CT molecular complexity index is 536. The molecule has 1 aromatic heterocycles. The third-order valence-electron chi connectivity index (χ3n) is 2.65. The third-order valence-corrected chi connectivity index (χ3v) is 4.25. The summed E-state index contributed by atoms with van der Waals surface area (Å²) in [5.74, 6) is 0.875. The topological polar surface area (TPSA) is 35.2 Å². The van der Waals surface area contributed by atoms with Gasteiger partial charge in [-0.05, 0) is 48.0 Å². The number of benzene rings is 1. The molecule has 0 unspecified atom stereocenters. The number of halogens is 1. The summed E-state index contributed by atoms with van der Waals surface area (Å²) in [6, 6.07) is 10.2. The van der Waals surface area contributed by atoms with E-state index < -0.39 is 0 Å². The molecule has 0 aliphatic rings. The Morgan fingerprint density at radius 2 is 2.11 bits per heavy atom. The molecule has 0 saturated heterocycles. The molecule has 1 heterocycles. The number of thiophene rings is 1. The van der Waals surface area contributed by atoms with Crippen LogP contribution in [0.4, 0.5) is 0 Å². The van der Waals surface area contributed by atoms with E-state index in [9.17, 15) is 0 Å². The van der Waals surface area contributed by atoms with Gasteiger partial charge in [0.05, 0.1) is 3.79 Å². The van der Waals surface area contributed by atoms with E-state index in [1.807, 2.05) is 25.1 Å². The first-order chi connectivity index (χ1) is 8.56. The Morgan fingerprint density at radius 1 is 1.33 bits per heavy atom. The van der Waals surface area contributed by atoms with Crippen LogP contribution >= 0.6 is 27.3 Å². The first-order valence-corrected chi connectivity index (χ1v) is 7.40. The van der Waals surface area contributed by atoms with Crippen molar-refractivity contribution in [1.29, 1.82) is 0 Å². The molecule has 0 fully saturated rings. The highest BCUT2D eigenvalue weighted by Crippen LogP contribution is 2.28. The fourth-order valence-corrected chi connectivity index (χ4v) is 3.13. The summed E-state index contributed by atoms with van der Waals surface area (Å²) in [4.78, 5) is 1.19. The van der Waals surface area contributed by atoms with Crippen LogP contribution in [0.25, 0.3) is 0 Å². The zero-order valence-corrected chi connectivity index (χ0v) is 12.8. The molecule has 2 nitrogen and oxygen atoms in total. The molecule has 2 aromatic rings. The van der Waals surface area contributed by atoms with E-state index in [1.54, 1.807) is 11.3 Å². The predicted molar refractivity (Wildman–Crippen MR) is 80.1 cm³/mol. The Kier molecular flexibility index (Phi) is 4.43. The predicted octanol–water partition coefficient (Wildman–Crippen LogP) is 4.42. The van der Waals surface area contributed by atoms with Crippen LogP contribution in [-0.4, -0.2) is 0 Å². The summed E-state index contributed by atoms with van der Waals surface area (Å²) in [7, 11) is 0. The molecule has 0 bridgehead atoms. The van der Waals surface area contributed by atoms with Crippen LogP contribution in [0, 0.1) is 6.92 Å². The summed E-state index contributed by atoms with van der Waals surface area (Å²) in [5.41, 5.74) is 8.23. The van der Waals surface area contributed by atoms with E-state index in [0.29, 0.717) is 6.61 Å². The molecule has 1 aromatic carbocycles. The van der Waals surface area contributed by atoms with Gasteiger partial charge in [0.2, 0.25) is 0 Å². The molecule has 2 rings (SSSR count). The van der Waals surface area contributed by atoms with Gasteiger partial charge in [0.15, 0.2) is 0 Å². The summed E-state index contributed by atoms with van der Waals surface area (Å²) in [5, 5.41) is 0. The number of nitrogens with two attached hydrogens (primary N) is 1. The van der Waals surface area contributed by atoms with Gasteiger partial charge in [-0.15, -0.1) is 11.3 Å². The summed E-state index contributed by atoms with van der Waals surface area (Å²) < 4.78 is 6.99. The van der Waals surface area contributed by atoms with Crippen molar-refractivity contribution in [2.24, 2.45) is 5.73 Å². The van der Waals surface area contributed by atoms with Crippen LogP contribution in [-0.2, 0) is 6.61 Å². The van der Waals surface area contributed by atoms with Crippen LogP contribution in [0.2, 0.25) is 0 Å². The van der Waals surface area contributed by atoms with E-state index in [1.165, 1.54) is 10.4 Å². The first kappa shape index (κ1) is 13.6. The maximum Gasteiger partial charge on any atom is 0.124 e. The Balaban J connectivity index is 2.13. The molecule has 0 radical (unpaired) electrons. The molecule has 96 valence electrons. The van der Waals surface area contributed by atoms with Gasteiger partial charge in [0.25, 0.3) is 0 Å². The third kappa shape index (κ3) is 3.34. The zero-order chi connectivity index (χ0) is 13.1. The maximum atomic E-state index is 5.97. The van der Waals surface area contributed by atoms with Gasteiger partial charge >= 0.3 is 0 Å². The van der Waals surface area contributed by atoms with Gasteiger partial charge in [-0.2, -0.15) is 0 Å². The molecule has 0 amide bonds. The molecular formula is C14H16BrNOS. The standard InChI is InChI=1S/C14H16BrNOS/c1-9-3-5-13(12(7-9)10(2)16)17-8-11-4-6-14(15)18-11/h3-7,10H,8,16H2,1-2H3/t10-/m0/s1. The summed E-state index contributed by atoms with van der Waals surface area (Å²) in [6.07, 6.45) is 0. The second-order valence-electron chi connectivity index (χ2n) is 4.32. The smallest absolute Gasteiger partial charge is 0.124 e. The van der Waals surface area contributed by atoms with Gasteiger partial charge in [-0.25, -0.2) is 0 Å². The molecular weight excluding hydrogens is 310 g/mol. The molecule has 18 heavy (non-hydrogen) atoms. The minimum Gasteiger partial charge on any atom is -0.488 e. The summed E-state index contributed by atoms with van der Waals surface area (Å²) >= 11 is 5.13. The van der Waals surface area contributed by atoms with Crippen molar-refractivity contribution in [3.8, 4) is 5.75 Å². The molecule has 0 aliphatic carbocycles. The fraction of sp³-hybridized carbons (Fsp3) is 0.286. The second kappa shape index (κ2) is 5.87. The van der Waals surface area contributed by atoms with Crippen LogP contribution in [0.15, 0.2) is 34.1 Å². The molecule has 0 aliphatic heterocycles. The minimum atomic E-state index is -0.0185. The fourth-order valence-electron chi connectivity index (χ4n) is 1.73. The van der Waals surface area contributed by atoms with Crippen LogP contribution in [0.3, 0.4) is 0 Å². The Hall–Kier alpha value is -0.840. The van der Waals surface area contributed by atoms with Crippen LogP contribution in [0.5, 0.6) is 5.75 Å². The Morgan fingerprint density at radius 3 is 2.72 bits per heavy atom. The van der Waals surface area contributed by atoms with Crippen molar-refractivity contribution in [1.82, 2.24) is 0 Å². The van der Waals surface area contributed by atoms with Crippen LogP contribution in [0.1, 0.15) is 29.0 Å². The van der Waals surface area contributed by atoms with E-state index in [0.717, 1.165) is 15.1 Å². The van der Waals surface area contributed by atoms with Crippen LogP contribution < -0.4 is 10.5 Å². The zero-order valence-electron chi connectivity index (χ0n) is 10.4. The summed E-state index contributed by atoms with van der Waals surface area (Å²) in [6.45, 7) is 4.62. The molecule has 1 atom stereocenters. The van der Waals surface area contributed by atoms with Gasteiger partial charge in [0, 0.05) is 16.5 Å². The van der Waals surface area contributed by atoms with E-state index in [4.69, 9.17) is 10.5 Å². The van der Waals surface area contributed by atoms with E-state index in [2.05, 4.69) is 35.0 Å². The maximum absolute atomic E-state index is 5.97. The lowest BCUT2D eigenvalue weighted by molar-refractivity contribution is 0.305. The monoisotopic (exact) mass is 325 g/mol.